The normalized spacial score (nSPS) is 14.5. The van der Waals surface area contributed by atoms with Gasteiger partial charge in [0.25, 0.3) is 5.56 Å². The summed E-state index contributed by atoms with van der Waals surface area (Å²) in [6.45, 7) is 5.80. The highest BCUT2D eigenvalue weighted by Gasteiger charge is 2.21. The summed E-state index contributed by atoms with van der Waals surface area (Å²) in [5.41, 5.74) is 2.84. The van der Waals surface area contributed by atoms with E-state index < -0.39 is 11.4 Å². The molecule has 1 saturated heterocycles. The highest BCUT2D eigenvalue weighted by molar-refractivity contribution is 6.34. The van der Waals surface area contributed by atoms with Crippen molar-refractivity contribution in [2.24, 2.45) is 0 Å². The molecule has 0 spiro atoms. The van der Waals surface area contributed by atoms with Crippen LogP contribution in [-0.4, -0.2) is 62.3 Å². The first-order valence-corrected chi connectivity index (χ1v) is 12.8. The van der Waals surface area contributed by atoms with Crippen molar-refractivity contribution in [3.8, 4) is 5.69 Å². The van der Waals surface area contributed by atoms with Gasteiger partial charge >= 0.3 is 0 Å². The predicted molar refractivity (Wildman–Crippen MR) is 148 cm³/mol. The van der Waals surface area contributed by atoms with E-state index in [2.05, 4.69) is 37.1 Å². The standard InChI is InChI=1S/C26H23Cl2FN8O/c1-15-12-16(13-19(28)22(15)35-10-8-34(2)9-11-35)32-26-31-14-17-21(33-26)24-30-6-7-36(24)37(25(17)38)23-18(27)4-3-5-20(23)29/h3-7,12-14H,8-11H2,1-2H3,(H,31,32,33). The molecule has 12 heteroatoms. The number of piperazine rings is 1. The molecule has 4 heterocycles. The van der Waals surface area contributed by atoms with E-state index in [4.69, 9.17) is 23.2 Å². The fourth-order valence-electron chi connectivity index (χ4n) is 4.88. The Morgan fingerprint density at radius 3 is 2.55 bits per heavy atom. The number of aromatic nitrogens is 5. The molecule has 0 radical (unpaired) electrons. The Kier molecular flexibility index (Phi) is 6.17. The van der Waals surface area contributed by atoms with Gasteiger partial charge in [-0.05, 0) is 43.8 Å². The van der Waals surface area contributed by atoms with E-state index in [1.807, 2.05) is 19.1 Å². The molecule has 0 aliphatic carbocycles. The van der Waals surface area contributed by atoms with Gasteiger partial charge in [0, 0.05) is 50.5 Å². The van der Waals surface area contributed by atoms with Crippen molar-refractivity contribution in [2.75, 3.05) is 43.4 Å². The highest BCUT2D eigenvalue weighted by atomic mass is 35.5. The molecule has 5 aromatic rings. The van der Waals surface area contributed by atoms with Gasteiger partial charge in [-0.15, -0.1) is 0 Å². The fraction of sp³-hybridized carbons (Fsp3) is 0.231. The van der Waals surface area contributed by atoms with Crippen molar-refractivity contribution in [2.45, 2.75) is 6.92 Å². The number of likely N-dealkylation sites (N-methyl/N-ethyl adjacent to an activating group) is 1. The molecule has 6 rings (SSSR count). The zero-order valence-electron chi connectivity index (χ0n) is 20.6. The van der Waals surface area contributed by atoms with Crippen LogP contribution in [0.4, 0.5) is 21.7 Å². The van der Waals surface area contributed by atoms with Crippen LogP contribution >= 0.6 is 23.2 Å². The van der Waals surface area contributed by atoms with Crippen LogP contribution in [-0.2, 0) is 0 Å². The second kappa shape index (κ2) is 9.54. The van der Waals surface area contributed by atoms with Gasteiger partial charge in [0.15, 0.2) is 5.65 Å². The van der Waals surface area contributed by atoms with E-state index in [9.17, 15) is 9.18 Å². The smallest absolute Gasteiger partial charge is 0.281 e. The van der Waals surface area contributed by atoms with E-state index in [1.165, 1.54) is 35.1 Å². The fourth-order valence-corrected chi connectivity index (χ4v) is 5.51. The molecule has 1 fully saturated rings. The number of nitrogens with one attached hydrogen (secondary N) is 1. The van der Waals surface area contributed by atoms with Crippen LogP contribution in [0, 0.1) is 12.7 Å². The van der Waals surface area contributed by atoms with E-state index in [-0.39, 0.29) is 22.0 Å². The van der Waals surface area contributed by atoms with Crippen molar-refractivity contribution < 1.29 is 4.39 Å². The van der Waals surface area contributed by atoms with Crippen molar-refractivity contribution in [3.05, 3.63) is 80.7 Å². The SMILES string of the molecule is Cc1cc(Nc2ncc3c(=O)n(-c4c(F)cccc4Cl)n4ccnc4c3n2)cc(Cl)c1N1CCN(C)CC1. The number of aryl methyl sites for hydroxylation is 1. The van der Waals surface area contributed by atoms with Gasteiger partial charge in [-0.1, -0.05) is 29.3 Å². The maximum absolute atomic E-state index is 14.8. The molecule has 194 valence electrons. The number of nitrogens with zero attached hydrogens (tertiary/aromatic N) is 7. The Bertz CT molecular complexity index is 1720. The van der Waals surface area contributed by atoms with Crippen LogP contribution in [0.5, 0.6) is 0 Å². The second-order valence-electron chi connectivity index (χ2n) is 9.28. The van der Waals surface area contributed by atoms with Crippen LogP contribution in [0.3, 0.4) is 0 Å². The van der Waals surface area contributed by atoms with Gasteiger partial charge in [-0.25, -0.2) is 28.5 Å². The average molecular weight is 553 g/mol. The Balaban J connectivity index is 1.40. The zero-order chi connectivity index (χ0) is 26.6. The van der Waals surface area contributed by atoms with Crippen LogP contribution < -0.4 is 15.8 Å². The summed E-state index contributed by atoms with van der Waals surface area (Å²) >= 11 is 13.0. The van der Waals surface area contributed by atoms with E-state index in [0.717, 1.165) is 47.8 Å². The minimum atomic E-state index is -0.638. The van der Waals surface area contributed by atoms with Crippen LogP contribution in [0.25, 0.3) is 22.2 Å². The number of anilines is 3. The highest BCUT2D eigenvalue weighted by Crippen LogP contribution is 2.34. The Morgan fingerprint density at radius 1 is 1.03 bits per heavy atom. The second-order valence-corrected chi connectivity index (χ2v) is 10.1. The molecular weight excluding hydrogens is 530 g/mol. The van der Waals surface area contributed by atoms with Gasteiger partial charge in [-0.3, -0.25) is 4.79 Å². The summed E-state index contributed by atoms with van der Waals surface area (Å²) in [6.07, 6.45) is 4.46. The third kappa shape index (κ3) is 4.14. The number of fused-ring (bicyclic) bond motifs is 3. The predicted octanol–water partition coefficient (Wildman–Crippen LogP) is 4.68. The lowest BCUT2D eigenvalue weighted by atomic mass is 10.1. The van der Waals surface area contributed by atoms with Gasteiger partial charge < -0.3 is 15.1 Å². The van der Waals surface area contributed by atoms with Gasteiger partial charge in [0.1, 0.15) is 17.0 Å². The number of halogens is 3. The summed E-state index contributed by atoms with van der Waals surface area (Å²) in [5.74, 6) is -0.369. The van der Waals surface area contributed by atoms with E-state index in [1.54, 1.807) is 6.20 Å². The van der Waals surface area contributed by atoms with Crippen molar-refractivity contribution >= 4 is 57.1 Å². The zero-order valence-corrected chi connectivity index (χ0v) is 22.1. The molecule has 0 amide bonds. The van der Waals surface area contributed by atoms with Gasteiger partial charge in [0.2, 0.25) is 5.95 Å². The molecule has 1 aliphatic heterocycles. The Morgan fingerprint density at radius 2 is 1.82 bits per heavy atom. The van der Waals surface area contributed by atoms with Crippen molar-refractivity contribution in [1.29, 1.82) is 0 Å². The average Bonchev–Trinajstić information content (AvgIpc) is 3.36. The largest absolute Gasteiger partial charge is 0.368 e. The van der Waals surface area contributed by atoms with Crippen LogP contribution in [0.2, 0.25) is 10.0 Å². The molecule has 1 N–H and O–H groups in total. The summed E-state index contributed by atoms with van der Waals surface area (Å²) in [7, 11) is 2.12. The minimum absolute atomic E-state index is 0.0724. The summed E-state index contributed by atoms with van der Waals surface area (Å²) in [6, 6.07) is 8.08. The number of hydrogen-bond donors (Lipinski definition) is 1. The van der Waals surface area contributed by atoms with Gasteiger partial charge in [-0.2, -0.15) is 0 Å². The van der Waals surface area contributed by atoms with Crippen LogP contribution in [0.15, 0.2) is 53.7 Å². The Hall–Kier alpha value is -3.73. The Labute approximate surface area is 227 Å². The monoisotopic (exact) mass is 552 g/mol. The molecule has 0 atom stereocenters. The summed E-state index contributed by atoms with van der Waals surface area (Å²) in [5, 5.41) is 4.10. The lowest BCUT2D eigenvalue weighted by Crippen LogP contribution is -2.44. The topological polar surface area (TPSA) is 83.6 Å². The molecular formula is C26H23Cl2FN8O. The number of imidazole rings is 1. The molecule has 38 heavy (non-hydrogen) atoms. The van der Waals surface area contributed by atoms with Crippen LogP contribution in [0.1, 0.15) is 5.56 Å². The van der Waals surface area contributed by atoms with Crippen molar-refractivity contribution in [3.63, 3.8) is 0 Å². The first-order valence-electron chi connectivity index (χ1n) is 12.0. The quantitative estimate of drug-likeness (QED) is 0.346. The lowest BCUT2D eigenvalue weighted by Gasteiger charge is -2.35. The number of rotatable bonds is 4. The summed E-state index contributed by atoms with van der Waals surface area (Å²) < 4.78 is 17.3. The van der Waals surface area contributed by atoms with Crippen molar-refractivity contribution in [1.82, 2.24) is 29.0 Å². The summed E-state index contributed by atoms with van der Waals surface area (Å²) in [4.78, 5) is 31.4. The van der Waals surface area contributed by atoms with E-state index in [0.29, 0.717) is 16.2 Å². The first-order chi connectivity index (χ1) is 18.3. The molecule has 3 aromatic heterocycles. The minimum Gasteiger partial charge on any atom is -0.368 e. The number of benzene rings is 2. The molecule has 0 saturated carbocycles. The third-order valence-electron chi connectivity index (χ3n) is 6.74. The molecule has 9 nitrogen and oxygen atoms in total. The maximum Gasteiger partial charge on any atom is 0.281 e. The molecule has 0 bridgehead atoms. The third-order valence-corrected chi connectivity index (χ3v) is 7.33. The first kappa shape index (κ1) is 24.6. The van der Waals surface area contributed by atoms with E-state index >= 15 is 0 Å². The number of para-hydroxylation sites is 1. The molecule has 2 aromatic carbocycles. The molecule has 0 unspecified atom stereocenters. The van der Waals surface area contributed by atoms with Gasteiger partial charge in [0.05, 0.1) is 21.1 Å². The number of hydrogen-bond acceptors (Lipinski definition) is 7. The molecule has 1 aliphatic rings. The maximum atomic E-state index is 14.8. The lowest BCUT2D eigenvalue weighted by molar-refractivity contribution is 0.312.